The number of alkyl halides is 3. The zero-order chi connectivity index (χ0) is 28.5. The van der Waals surface area contributed by atoms with E-state index in [1.165, 1.54) is 26.5 Å². The molecule has 0 N–H and O–H groups in total. The SMILES string of the molecule is CC(C)c1cc(C(C)C)c(SN2CCN(C(=O)OC([C-]=O)C(F)(F)F)CC2)c(C(C)C)c1.[CH-]1CCOCC1.[V+2]. The Morgan fingerprint density at radius 2 is 1.49 bits per heavy atom. The monoisotopic (exact) mass is 609 g/mol. The van der Waals surface area contributed by atoms with E-state index < -0.39 is 18.4 Å². The van der Waals surface area contributed by atoms with E-state index in [1.54, 1.807) is 11.9 Å². The second-order valence-electron chi connectivity index (χ2n) is 10.4. The molecule has 6 nitrogen and oxygen atoms in total. The van der Waals surface area contributed by atoms with Gasteiger partial charge in [-0.2, -0.15) is 26.0 Å². The molecule has 0 bridgehead atoms. The minimum absolute atomic E-state index is 0. The van der Waals surface area contributed by atoms with Crippen molar-refractivity contribution >= 4 is 24.3 Å². The van der Waals surface area contributed by atoms with Gasteiger partial charge in [0.2, 0.25) is 0 Å². The third-order valence-electron chi connectivity index (χ3n) is 6.35. The predicted molar refractivity (Wildman–Crippen MR) is 144 cm³/mol. The molecule has 2 heterocycles. The summed E-state index contributed by atoms with van der Waals surface area (Å²) in [5.41, 5.74) is 3.86. The van der Waals surface area contributed by atoms with Crippen molar-refractivity contribution in [3.63, 3.8) is 0 Å². The molecule has 2 aliphatic heterocycles. The number of carbonyl (C=O) groups is 1. The number of halogens is 3. The average molecular weight is 610 g/mol. The van der Waals surface area contributed by atoms with Crippen LogP contribution in [0.3, 0.4) is 0 Å². The molecule has 0 aromatic heterocycles. The molecule has 0 aliphatic carbocycles. The fourth-order valence-corrected chi connectivity index (χ4v) is 5.40. The fraction of sp³-hybridized carbons (Fsp3) is 0.679. The molecule has 3 rings (SSSR count). The van der Waals surface area contributed by atoms with Crippen molar-refractivity contribution in [1.29, 1.82) is 0 Å². The predicted octanol–water partition coefficient (Wildman–Crippen LogP) is 6.86. The van der Waals surface area contributed by atoms with Crippen molar-refractivity contribution in [2.45, 2.75) is 89.3 Å². The molecule has 11 heteroatoms. The standard InChI is InChI=1S/C23H32F3N2O3S.C5H9O.V/c1-14(2)17-11-18(15(3)4)21(19(12-17)16(5)6)32-28-9-7-27(8-10-28)22(30)31-20(13-29)23(24,25)26;1-2-4-6-5-3-1;/h11-12,14-16,20H,7-10H2,1-6H3;1H,2-5H2;/q2*-1;+2. The van der Waals surface area contributed by atoms with Crippen LogP contribution in [0.4, 0.5) is 18.0 Å². The second kappa shape index (κ2) is 16.9. The molecule has 0 saturated carbocycles. The molecule has 1 aromatic rings. The number of rotatable bonds is 7. The summed E-state index contributed by atoms with van der Waals surface area (Å²) >= 11 is 1.64. The van der Waals surface area contributed by atoms with E-state index in [1.807, 2.05) is 0 Å². The van der Waals surface area contributed by atoms with Crippen molar-refractivity contribution < 1.29 is 50.8 Å². The van der Waals surface area contributed by atoms with E-state index in [9.17, 15) is 22.8 Å². The molecule has 1 atom stereocenters. The van der Waals surface area contributed by atoms with Gasteiger partial charge < -0.3 is 25.6 Å². The first kappa shape index (κ1) is 35.8. The number of benzene rings is 1. The number of ether oxygens (including phenoxy) is 2. The molecule has 2 saturated heterocycles. The molecule has 1 amide bonds. The summed E-state index contributed by atoms with van der Waals surface area (Å²) in [5, 5.41) is 0. The zero-order valence-corrected chi connectivity index (χ0v) is 25.9. The Kier molecular flexibility index (Phi) is 15.5. The Balaban J connectivity index is 0.000000955. The van der Waals surface area contributed by atoms with Gasteiger partial charge in [-0.15, -0.1) is 0 Å². The maximum absolute atomic E-state index is 12.7. The molecule has 219 valence electrons. The molecule has 1 radical (unpaired) electrons. The Bertz CT molecular complexity index is 863. The Hall–Kier alpha value is -1.20. The zero-order valence-electron chi connectivity index (χ0n) is 23.7. The molecule has 1 aromatic carbocycles. The first-order valence-electron chi connectivity index (χ1n) is 13.2. The summed E-state index contributed by atoms with van der Waals surface area (Å²) in [5.74, 6) is 1.09. The van der Waals surface area contributed by atoms with Crippen LogP contribution in [0.5, 0.6) is 0 Å². The average Bonchev–Trinajstić information content (AvgIpc) is 2.87. The van der Waals surface area contributed by atoms with Gasteiger partial charge in [-0.1, -0.05) is 53.7 Å². The maximum Gasteiger partial charge on any atom is 2.00 e. The summed E-state index contributed by atoms with van der Waals surface area (Å²) in [6.07, 6.45) is -3.65. The Morgan fingerprint density at radius 1 is 0.974 bits per heavy atom. The second-order valence-corrected chi connectivity index (χ2v) is 11.5. The van der Waals surface area contributed by atoms with Gasteiger partial charge in [-0.05, 0) is 46.4 Å². The summed E-state index contributed by atoms with van der Waals surface area (Å²) in [4.78, 5) is 25.0. The van der Waals surface area contributed by atoms with Gasteiger partial charge in [-0.25, -0.2) is 15.4 Å². The fourth-order valence-electron chi connectivity index (χ4n) is 4.00. The van der Waals surface area contributed by atoms with Crippen LogP contribution in [0.25, 0.3) is 0 Å². The summed E-state index contributed by atoms with van der Waals surface area (Å²) in [7, 11) is 0. The van der Waals surface area contributed by atoms with Crippen LogP contribution in [-0.2, 0) is 32.8 Å². The maximum atomic E-state index is 12.7. The van der Waals surface area contributed by atoms with Crippen LogP contribution in [0.1, 0.15) is 88.8 Å². The molecule has 2 fully saturated rings. The van der Waals surface area contributed by atoms with Crippen LogP contribution in [0.15, 0.2) is 17.0 Å². The number of hydrogen-bond donors (Lipinski definition) is 0. The van der Waals surface area contributed by atoms with Gasteiger partial charge >= 0.3 is 30.8 Å². The van der Waals surface area contributed by atoms with Crippen LogP contribution in [-0.4, -0.2) is 73.3 Å². The third-order valence-corrected chi connectivity index (χ3v) is 7.63. The van der Waals surface area contributed by atoms with Crippen LogP contribution < -0.4 is 0 Å². The van der Waals surface area contributed by atoms with E-state index >= 15 is 0 Å². The van der Waals surface area contributed by atoms with E-state index in [-0.39, 0.29) is 31.6 Å². The number of piperazine rings is 1. The molecule has 2 aliphatic rings. The summed E-state index contributed by atoms with van der Waals surface area (Å²) < 4.78 is 49.5. The summed E-state index contributed by atoms with van der Waals surface area (Å²) in [6, 6.07) is 4.54. The van der Waals surface area contributed by atoms with Gasteiger partial charge in [0.15, 0.2) is 0 Å². The van der Waals surface area contributed by atoms with E-state index in [0.29, 0.717) is 30.8 Å². The van der Waals surface area contributed by atoms with E-state index in [2.05, 4.69) is 69.1 Å². The number of amides is 1. The minimum atomic E-state index is -4.96. The normalized spacial score (nSPS) is 17.4. The van der Waals surface area contributed by atoms with Crippen molar-refractivity contribution in [2.24, 2.45) is 0 Å². The Morgan fingerprint density at radius 3 is 1.82 bits per heavy atom. The van der Waals surface area contributed by atoms with Crippen LogP contribution in [0.2, 0.25) is 0 Å². The van der Waals surface area contributed by atoms with Gasteiger partial charge in [0.25, 0.3) is 0 Å². The smallest absolute Gasteiger partial charge is 0.538 e. The van der Waals surface area contributed by atoms with Crippen molar-refractivity contribution in [3.05, 3.63) is 35.2 Å². The quantitative estimate of drug-likeness (QED) is 0.249. The van der Waals surface area contributed by atoms with Gasteiger partial charge in [-0.3, -0.25) is 0 Å². The van der Waals surface area contributed by atoms with E-state index in [0.717, 1.165) is 32.3 Å². The first-order chi connectivity index (χ1) is 17.8. The number of carbonyl (C=O) groups excluding carboxylic acids is 2. The number of nitrogens with zero attached hydrogens (tertiary/aromatic N) is 2. The largest absolute Gasteiger partial charge is 2.00 e. The minimum Gasteiger partial charge on any atom is -0.538 e. The van der Waals surface area contributed by atoms with Crippen molar-refractivity contribution in [1.82, 2.24) is 9.21 Å². The van der Waals surface area contributed by atoms with Gasteiger partial charge in [0, 0.05) is 44.3 Å². The van der Waals surface area contributed by atoms with Gasteiger partial charge in [0.1, 0.15) is 6.10 Å². The van der Waals surface area contributed by atoms with Crippen molar-refractivity contribution in [2.75, 3.05) is 39.4 Å². The van der Waals surface area contributed by atoms with Crippen LogP contribution in [0, 0.1) is 6.42 Å². The topological polar surface area (TPSA) is 59.1 Å². The molecule has 0 spiro atoms. The third kappa shape index (κ3) is 11.3. The summed E-state index contributed by atoms with van der Waals surface area (Å²) in [6.45, 7) is 16.3. The molecule has 39 heavy (non-hydrogen) atoms. The first-order valence-corrected chi connectivity index (χ1v) is 14.0. The molecular formula is C28H41F3N2O4SV. The Labute approximate surface area is 247 Å². The number of hydrogen-bond acceptors (Lipinski definition) is 6. The van der Waals surface area contributed by atoms with Crippen LogP contribution >= 0.6 is 11.9 Å². The van der Waals surface area contributed by atoms with E-state index in [4.69, 9.17) is 4.74 Å². The van der Waals surface area contributed by atoms with Gasteiger partial charge in [0.05, 0.1) is 0 Å². The van der Waals surface area contributed by atoms with Crippen molar-refractivity contribution in [3.8, 4) is 0 Å². The molecular weight excluding hydrogens is 568 g/mol. The molecule has 1 unspecified atom stereocenters.